The van der Waals surface area contributed by atoms with Crippen molar-refractivity contribution in [1.82, 2.24) is 9.80 Å². The van der Waals surface area contributed by atoms with E-state index in [-0.39, 0.29) is 12.6 Å². The number of halogens is 1. The smallest absolute Gasteiger partial charge is 0.410 e. The number of ether oxygens (including phenoxy) is 1. The molecule has 0 aromatic heterocycles. The third-order valence-electron chi connectivity index (χ3n) is 3.52. The minimum absolute atomic E-state index is 0.00237. The summed E-state index contributed by atoms with van der Waals surface area (Å²) >= 11 is 0. The standard InChI is InChI=1S/C13H23FN2O2/c1-13(2,3)18-12(17)16-8-5-11(10(14)9-16)15-6-4-7-15/h10-11H,4-9H2,1-3H3. The van der Waals surface area contributed by atoms with Crippen LogP contribution in [0.5, 0.6) is 0 Å². The normalized spacial score (nSPS) is 29.9. The molecular weight excluding hydrogens is 235 g/mol. The van der Waals surface area contributed by atoms with E-state index in [2.05, 4.69) is 4.90 Å². The van der Waals surface area contributed by atoms with E-state index < -0.39 is 17.9 Å². The van der Waals surface area contributed by atoms with Crippen molar-refractivity contribution >= 4 is 6.09 Å². The third-order valence-corrected chi connectivity index (χ3v) is 3.52. The van der Waals surface area contributed by atoms with Crippen LogP contribution in [-0.4, -0.2) is 59.9 Å². The van der Waals surface area contributed by atoms with Gasteiger partial charge in [0.25, 0.3) is 0 Å². The lowest BCUT2D eigenvalue weighted by molar-refractivity contribution is -0.0171. The fourth-order valence-corrected chi connectivity index (χ4v) is 2.47. The van der Waals surface area contributed by atoms with Gasteiger partial charge in [0, 0.05) is 12.6 Å². The largest absolute Gasteiger partial charge is 0.444 e. The molecule has 0 bridgehead atoms. The molecule has 2 aliphatic rings. The van der Waals surface area contributed by atoms with E-state index in [0.717, 1.165) is 13.1 Å². The van der Waals surface area contributed by atoms with Gasteiger partial charge in [0.05, 0.1) is 6.54 Å². The average Bonchev–Trinajstić information content (AvgIpc) is 2.15. The molecule has 0 aliphatic carbocycles. The molecule has 0 saturated carbocycles. The first-order valence-electron chi connectivity index (χ1n) is 6.73. The van der Waals surface area contributed by atoms with Crippen molar-refractivity contribution in [2.45, 2.75) is 51.4 Å². The molecule has 0 aromatic rings. The molecule has 2 heterocycles. The Balaban J connectivity index is 1.85. The Morgan fingerprint density at radius 1 is 1.28 bits per heavy atom. The highest BCUT2D eigenvalue weighted by molar-refractivity contribution is 5.68. The van der Waals surface area contributed by atoms with Crippen molar-refractivity contribution in [2.24, 2.45) is 0 Å². The fourth-order valence-electron chi connectivity index (χ4n) is 2.47. The van der Waals surface area contributed by atoms with E-state index in [1.807, 2.05) is 20.8 Å². The Kier molecular flexibility index (Phi) is 3.80. The summed E-state index contributed by atoms with van der Waals surface area (Å²) in [6, 6.07) is -0.00237. The highest BCUT2D eigenvalue weighted by Crippen LogP contribution is 2.24. The number of amides is 1. The first-order valence-corrected chi connectivity index (χ1v) is 6.73. The van der Waals surface area contributed by atoms with E-state index in [1.165, 1.54) is 11.3 Å². The number of piperidine rings is 1. The average molecular weight is 258 g/mol. The summed E-state index contributed by atoms with van der Waals surface area (Å²) < 4.78 is 19.3. The molecule has 1 amide bonds. The number of nitrogens with zero attached hydrogens (tertiary/aromatic N) is 2. The summed E-state index contributed by atoms with van der Waals surface area (Å²) in [4.78, 5) is 15.5. The van der Waals surface area contributed by atoms with Crippen molar-refractivity contribution in [3.63, 3.8) is 0 Å². The van der Waals surface area contributed by atoms with Gasteiger partial charge >= 0.3 is 6.09 Å². The predicted octanol–water partition coefficient (Wildman–Crippen LogP) is 2.04. The number of rotatable bonds is 1. The Morgan fingerprint density at radius 2 is 1.94 bits per heavy atom. The highest BCUT2D eigenvalue weighted by Gasteiger charge is 2.38. The first-order chi connectivity index (χ1) is 8.37. The lowest BCUT2D eigenvalue weighted by Crippen LogP contribution is -2.57. The van der Waals surface area contributed by atoms with Gasteiger partial charge in [0.1, 0.15) is 11.8 Å². The van der Waals surface area contributed by atoms with Gasteiger partial charge in [-0.3, -0.25) is 4.90 Å². The molecule has 2 fully saturated rings. The number of carbonyl (C=O) groups is 1. The van der Waals surface area contributed by atoms with E-state index in [9.17, 15) is 9.18 Å². The van der Waals surface area contributed by atoms with Crippen molar-refractivity contribution in [3.05, 3.63) is 0 Å². The number of alkyl halides is 1. The lowest BCUT2D eigenvalue weighted by atomic mass is 9.98. The quantitative estimate of drug-likeness (QED) is 0.721. The van der Waals surface area contributed by atoms with Crippen LogP contribution >= 0.6 is 0 Å². The van der Waals surface area contributed by atoms with E-state index in [1.54, 1.807) is 0 Å². The molecule has 18 heavy (non-hydrogen) atoms. The van der Waals surface area contributed by atoms with Gasteiger partial charge in [-0.05, 0) is 46.7 Å². The van der Waals surface area contributed by atoms with Crippen LogP contribution in [0.1, 0.15) is 33.6 Å². The minimum Gasteiger partial charge on any atom is -0.444 e. The van der Waals surface area contributed by atoms with Crippen LogP contribution in [0, 0.1) is 0 Å². The topological polar surface area (TPSA) is 32.8 Å². The van der Waals surface area contributed by atoms with Gasteiger partial charge in [0.15, 0.2) is 0 Å². The maximum absolute atomic E-state index is 14.1. The third kappa shape index (κ3) is 3.13. The van der Waals surface area contributed by atoms with Crippen molar-refractivity contribution in [2.75, 3.05) is 26.2 Å². The van der Waals surface area contributed by atoms with Crippen LogP contribution < -0.4 is 0 Å². The SMILES string of the molecule is CC(C)(C)OC(=O)N1CCC(N2CCC2)C(F)C1. The van der Waals surface area contributed by atoms with E-state index >= 15 is 0 Å². The second kappa shape index (κ2) is 5.03. The van der Waals surface area contributed by atoms with Crippen molar-refractivity contribution in [3.8, 4) is 0 Å². The van der Waals surface area contributed by atoms with Gasteiger partial charge in [-0.1, -0.05) is 0 Å². The predicted molar refractivity (Wildman–Crippen MR) is 67.3 cm³/mol. The number of hydrogen-bond donors (Lipinski definition) is 0. The van der Waals surface area contributed by atoms with Crippen LogP contribution in [0.4, 0.5) is 9.18 Å². The Bertz CT molecular complexity index is 313. The molecule has 0 radical (unpaired) electrons. The number of hydrogen-bond acceptors (Lipinski definition) is 3. The molecular formula is C13H23FN2O2. The second-order valence-corrected chi connectivity index (χ2v) is 6.19. The summed E-state index contributed by atoms with van der Waals surface area (Å²) in [6.07, 6.45) is 0.526. The maximum Gasteiger partial charge on any atom is 0.410 e. The molecule has 2 aliphatic heterocycles. The van der Waals surface area contributed by atoms with Crippen LogP contribution in [0.2, 0.25) is 0 Å². The molecule has 104 valence electrons. The Hall–Kier alpha value is -0.840. The Labute approximate surface area is 108 Å². The van der Waals surface area contributed by atoms with Crippen LogP contribution in [-0.2, 0) is 4.74 Å². The van der Waals surface area contributed by atoms with Gasteiger partial charge in [0.2, 0.25) is 0 Å². The molecule has 0 N–H and O–H groups in total. The number of likely N-dealkylation sites (tertiary alicyclic amines) is 2. The molecule has 2 rings (SSSR count). The summed E-state index contributed by atoms with van der Waals surface area (Å²) in [5.74, 6) is 0. The summed E-state index contributed by atoms with van der Waals surface area (Å²) in [7, 11) is 0. The molecule has 4 nitrogen and oxygen atoms in total. The van der Waals surface area contributed by atoms with Crippen LogP contribution in [0.25, 0.3) is 0 Å². The zero-order chi connectivity index (χ0) is 13.3. The lowest BCUT2D eigenvalue weighted by Gasteiger charge is -2.44. The van der Waals surface area contributed by atoms with Crippen LogP contribution in [0.15, 0.2) is 0 Å². The zero-order valence-corrected chi connectivity index (χ0v) is 11.5. The maximum atomic E-state index is 14.1. The van der Waals surface area contributed by atoms with Gasteiger partial charge in [-0.2, -0.15) is 0 Å². The molecule has 5 heteroatoms. The second-order valence-electron chi connectivity index (χ2n) is 6.19. The van der Waals surface area contributed by atoms with Gasteiger partial charge in [-0.25, -0.2) is 9.18 Å². The fraction of sp³-hybridized carbons (Fsp3) is 0.923. The van der Waals surface area contributed by atoms with Gasteiger partial charge in [-0.15, -0.1) is 0 Å². The molecule has 2 saturated heterocycles. The molecule has 2 unspecified atom stereocenters. The Morgan fingerprint density at radius 3 is 2.39 bits per heavy atom. The molecule has 0 spiro atoms. The summed E-state index contributed by atoms with van der Waals surface area (Å²) in [5.41, 5.74) is -0.517. The first kappa shape index (κ1) is 13.6. The van der Waals surface area contributed by atoms with Crippen molar-refractivity contribution in [1.29, 1.82) is 0 Å². The molecule has 2 atom stereocenters. The highest BCUT2D eigenvalue weighted by atomic mass is 19.1. The van der Waals surface area contributed by atoms with E-state index in [4.69, 9.17) is 4.74 Å². The molecule has 0 aromatic carbocycles. The van der Waals surface area contributed by atoms with E-state index in [0.29, 0.717) is 13.0 Å². The summed E-state index contributed by atoms with van der Waals surface area (Å²) in [5, 5.41) is 0. The van der Waals surface area contributed by atoms with Gasteiger partial charge < -0.3 is 9.64 Å². The summed E-state index contributed by atoms with van der Waals surface area (Å²) in [6.45, 7) is 8.22. The van der Waals surface area contributed by atoms with Crippen molar-refractivity contribution < 1.29 is 13.9 Å². The zero-order valence-electron chi connectivity index (χ0n) is 11.5. The van der Waals surface area contributed by atoms with Crippen LogP contribution in [0.3, 0.4) is 0 Å². The minimum atomic E-state index is -0.952. The number of carbonyl (C=O) groups excluding carboxylic acids is 1. The monoisotopic (exact) mass is 258 g/mol.